The van der Waals surface area contributed by atoms with Gasteiger partial charge in [0.15, 0.2) is 35.3 Å². The van der Waals surface area contributed by atoms with Crippen LogP contribution in [-0.4, -0.2) is 26.2 Å². The van der Waals surface area contributed by atoms with Crippen LogP contribution in [-0.2, 0) is 9.47 Å². The Balaban J connectivity index is 1.32. The van der Waals surface area contributed by atoms with Gasteiger partial charge in [0, 0.05) is 11.5 Å². The summed E-state index contributed by atoms with van der Waals surface area (Å²) < 4.78 is 114. The van der Waals surface area contributed by atoms with Crippen LogP contribution in [0.1, 0.15) is 55.9 Å². The second kappa shape index (κ2) is 10.8. The van der Waals surface area contributed by atoms with E-state index in [1.54, 1.807) is 0 Å². The van der Waals surface area contributed by atoms with E-state index in [4.69, 9.17) is 14.2 Å². The number of benzene rings is 2. The molecule has 2 aromatic carbocycles. The minimum absolute atomic E-state index is 0.0453. The molecule has 11 heteroatoms. The lowest BCUT2D eigenvalue weighted by molar-refractivity contribution is -0.276. The third-order valence-corrected chi connectivity index (χ3v) is 6.45. The Morgan fingerprint density at radius 1 is 0.778 bits per heavy atom. The summed E-state index contributed by atoms with van der Waals surface area (Å²) in [5.74, 6) is -6.57. The highest BCUT2D eigenvalue weighted by molar-refractivity contribution is 5.34. The van der Waals surface area contributed by atoms with Gasteiger partial charge in [-0.2, -0.15) is 0 Å². The van der Waals surface area contributed by atoms with E-state index < -0.39 is 53.3 Å². The molecule has 2 aromatic rings. The number of rotatable bonds is 6. The van der Waals surface area contributed by atoms with Crippen LogP contribution in [0, 0.1) is 35.1 Å². The molecule has 2 aliphatic rings. The van der Waals surface area contributed by atoms with E-state index in [0.29, 0.717) is 23.6 Å². The summed E-state index contributed by atoms with van der Waals surface area (Å²) in [6, 6.07) is 3.84. The molecule has 0 unspecified atom stereocenters. The largest absolute Gasteiger partial charge is 0.573 e. The first kappa shape index (κ1) is 26.5. The van der Waals surface area contributed by atoms with Crippen LogP contribution in [0.15, 0.2) is 24.3 Å². The molecule has 0 spiro atoms. The van der Waals surface area contributed by atoms with Crippen LogP contribution in [0.25, 0.3) is 0 Å². The quantitative estimate of drug-likeness (QED) is 0.377. The molecule has 0 atom stereocenters. The van der Waals surface area contributed by atoms with Crippen molar-refractivity contribution in [2.45, 2.75) is 51.2 Å². The molecule has 36 heavy (non-hydrogen) atoms. The number of ether oxygens (including phenoxy) is 4. The smallest absolute Gasteiger partial charge is 0.487 e. The number of hydrogen-bond acceptors (Lipinski definition) is 4. The number of hydrogen-bond donors (Lipinski definition) is 0. The predicted octanol–water partition coefficient (Wildman–Crippen LogP) is 7.18. The van der Waals surface area contributed by atoms with Crippen molar-refractivity contribution in [3.63, 3.8) is 0 Å². The normalized spacial score (nSPS) is 25.0. The number of halogens is 7. The number of alkyl halides is 3. The van der Waals surface area contributed by atoms with Crippen molar-refractivity contribution < 1.29 is 49.7 Å². The fraction of sp³-hybridized carbons (Fsp3) is 0.520. The van der Waals surface area contributed by atoms with Crippen LogP contribution in [0.3, 0.4) is 0 Å². The van der Waals surface area contributed by atoms with Gasteiger partial charge in [0.05, 0.1) is 19.8 Å². The van der Waals surface area contributed by atoms with Crippen molar-refractivity contribution >= 4 is 0 Å². The van der Waals surface area contributed by atoms with E-state index in [-0.39, 0.29) is 31.3 Å². The Kier molecular flexibility index (Phi) is 7.99. The van der Waals surface area contributed by atoms with E-state index in [2.05, 4.69) is 11.7 Å². The molecule has 0 bridgehead atoms. The van der Waals surface area contributed by atoms with Crippen molar-refractivity contribution in [2.24, 2.45) is 11.8 Å². The molecular formula is C25H25F7O4. The Bertz CT molecular complexity index is 1010. The summed E-state index contributed by atoms with van der Waals surface area (Å²) in [4.78, 5) is 0. The zero-order chi connectivity index (χ0) is 26.0. The monoisotopic (exact) mass is 522 g/mol. The average molecular weight is 522 g/mol. The Morgan fingerprint density at radius 3 is 1.81 bits per heavy atom. The topological polar surface area (TPSA) is 36.9 Å². The van der Waals surface area contributed by atoms with Gasteiger partial charge in [-0.15, -0.1) is 13.2 Å². The molecular weight excluding hydrogens is 497 g/mol. The molecule has 1 saturated carbocycles. The highest BCUT2D eigenvalue weighted by Crippen LogP contribution is 2.38. The molecule has 0 radical (unpaired) electrons. The molecule has 0 N–H and O–H groups in total. The Hall–Kier alpha value is -2.53. The maximum atomic E-state index is 14.6. The van der Waals surface area contributed by atoms with E-state index in [1.807, 2.05) is 0 Å². The van der Waals surface area contributed by atoms with Gasteiger partial charge in [0.2, 0.25) is 5.75 Å². The molecule has 198 valence electrons. The molecule has 2 fully saturated rings. The van der Waals surface area contributed by atoms with Crippen LogP contribution >= 0.6 is 0 Å². The summed E-state index contributed by atoms with van der Waals surface area (Å²) >= 11 is 0. The van der Waals surface area contributed by atoms with Gasteiger partial charge in [-0.25, -0.2) is 17.6 Å². The third kappa shape index (κ3) is 6.42. The second-order valence-corrected chi connectivity index (χ2v) is 9.31. The van der Waals surface area contributed by atoms with Gasteiger partial charge in [-0.05, 0) is 54.5 Å². The molecule has 1 heterocycles. The van der Waals surface area contributed by atoms with E-state index in [9.17, 15) is 30.7 Å². The maximum absolute atomic E-state index is 14.6. The van der Waals surface area contributed by atoms with Gasteiger partial charge >= 0.3 is 6.36 Å². The summed E-state index contributed by atoms with van der Waals surface area (Å²) in [7, 11) is 0. The predicted molar refractivity (Wildman–Crippen MR) is 113 cm³/mol. The molecule has 0 aromatic heterocycles. The zero-order valence-electron chi connectivity index (χ0n) is 19.3. The van der Waals surface area contributed by atoms with Crippen molar-refractivity contribution in [3.05, 3.63) is 58.7 Å². The lowest BCUT2D eigenvalue weighted by Crippen LogP contribution is -2.31. The standard InChI is InChI=1S/C25H25F7O4/c1-13-2-4-15(5-3-13)16-6-18(26)22(19(27)7-16)33-10-14-11-34-24(35-12-14)17-8-20(28)23(21(29)9-17)36-25(30,31)32/h6-9,13-15,24H,2-5,10-12H2,1H3. The van der Waals surface area contributed by atoms with Crippen LogP contribution in [0.2, 0.25) is 0 Å². The maximum Gasteiger partial charge on any atom is 0.573 e. The van der Waals surface area contributed by atoms with Crippen molar-refractivity contribution in [1.82, 2.24) is 0 Å². The Morgan fingerprint density at radius 2 is 1.28 bits per heavy atom. The molecule has 1 saturated heterocycles. The van der Waals surface area contributed by atoms with Gasteiger partial charge in [0.25, 0.3) is 0 Å². The highest BCUT2D eigenvalue weighted by Gasteiger charge is 2.35. The Labute approximate surface area is 203 Å². The zero-order valence-corrected chi connectivity index (χ0v) is 19.3. The lowest BCUT2D eigenvalue weighted by Gasteiger charge is -2.30. The van der Waals surface area contributed by atoms with Crippen LogP contribution in [0.4, 0.5) is 30.7 Å². The molecule has 4 rings (SSSR count). The molecule has 1 aliphatic carbocycles. The third-order valence-electron chi connectivity index (χ3n) is 6.45. The summed E-state index contributed by atoms with van der Waals surface area (Å²) in [6.07, 6.45) is -2.73. The van der Waals surface area contributed by atoms with Gasteiger partial charge in [-0.1, -0.05) is 19.8 Å². The summed E-state index contributed by atoms with van der Waals surface area (Å²) in [6.45, 7) is 1.92. The van der Waals surface area contributed by atoms with E-state index in [1.165, 1.54) is 12.1 Å². The van der Waals surface area contributed by atoms with Crippen molar-refractivity contribution in [3.8, 4) is 11.5 Å². The lowest BCUT2D eigenvalue weighted by atomic mass is 9.79. The van der Waals surface area contributed by atoms with Gasteiger partial charge < -0.3 is 18.9 Å². The first-order chi connectivity index (χ1) is 17.0. The first-order valence-corrected chi connectivity index (χ1v) is 11.6. The van der Waals surface area contributed by atoms with Gasteiger partial charge in [-0.3, -0.25) is 0 Å². The first-order valence-electron chi connectivity index (χ1n) is 11.6. The minimum atomic E-state index is -5.26. The molecule has 4 nitrogen and oxygen atoms in total. The summed E-state index contributed by atoms with van der Waals surface area (Å²) in [5.41, 5.74) is 0.422. The van der Waals surface area contributed by atoms with E-state index >= 15 is 0 Å². The average Bonchev–Trinajstić information content (AvgIpc) is 2.81. The van der Waals surface area contributed by atoms with E-state index in [0.717, 1.165) is 25.7 Å². The van der Waals surface area contributed by atoms with Crippen LogP contribution < -0.4 is 9.47 Å². The van der Waals surface area contributed by atoms with Gasteiger partial charge in [0.1, 0.15) is 0 Å². The SMILES string of the molecule is CC1CCC(c2cc(F)c(OCC3COC(c4cc(F)c(OC(F)(F)F)c(F)c4)OC3)c(F)c2)CC1. The molecule has 0 amide bonds. The summed E-state index contributed by atoms with van der Waals surface area (Å²) in [5, 5.41) is 0. The van der Waals surface area contributed by atoms with Crippen molar-refractivity contribution in [2.75, 3.05) is 19.8 Å². The second-order valence-electron chi connectivity index (χ2n) is 9.31. The fourth-order valence-corrected chi connectivity index (χ4v) is 4.51. The molecule has 1 aliphatic heterocycles. The highest BCUT2D eigenvalue weighted by atomic mass is 19.4. The fourth-order valence-electron chi connectivity index (χ4n) is 4.51. The van der Waals surface area contributed by atoms with Crippen LogP contribution in [0.5, 0.6) is 11.5 Å². The minimum Gasteiger partial charge on any atom is -0.487 e. The van der Waals surface area contributed by atoms with Crippen molar-refractivity contribution in [1.29, 1.82) is 0 Å².